The Hall–Kier alpha value is -0.220. The lowest BCUT2D eigenvalue weighted by atomic mass is 10.0. The molecule has 2 fully saturated rings. The first kappa shape index (κ1) is 13.2. The SMILES string of the molecule is CC1CCNC1C(=O)N1CCSC(C)(C)CC1. The molecule has 0 spiro atoms. The minimum Gasteiger partial charge on any atom is -0.340 e. The van der Waals surface area contributed by atoms with Crippen LogP contribution in [-0.2, 0) is 4.79 Å². The van der Waals surface area contributed by atoms with Gasteiger partial charge in [-0.25, -0.2) is 0 Å². The smallest absolute Gasteiger partial charge is 0.240 e. The lowest BCUT2D eigenvalue weighted by molar-refractivity contribution is -0.133. The zero-order valence-electron chi connectivity index (χ0n) is 11.2. The first-order chi connectivity index (χ1) is 7.99. The molecule has 4 heteroatoms. The van der Waals surface area contributed by atoms with Crippen LogP contribution in [0.15, 0.2) is 0 Å². The average Bonchev–Trinajstić information content (AvgIpc) is 2.59. The molecule has 2 heterocycles. The van der Waals surface area contributed by atoms with Crippen molar-refractivity contribution in [1.82, 2.24) is 10.2 Å². The van der Waals surface area contributed by atoms with Gasteiger partial charge in [-0.1, -0.05) is 20.8 Å². The van der Waals surface area contributed by atoms with Gasteiger partial charge < -0.3 is 10.2 Å². The zero-order valence-corrected chi connectivity index (χ0v) is 12.0. The van der Waals surface area contributed by atoms with Crippen LogP contribution in [0.25, 0.3) is 0 Å². The Kier molecular flexibility index (Phi) is 4.03. The van der Waals surface area contributed by atoms with Gasteiger partial charge in [0.2, 0.25) is 5.91 Å². The topological polar surface area (TPSA) is 32.3 Å². The summed E-state index contributed by atoms with van der Waals surface area (Å²) in [7, 11) is 0. The van der Waals surface area contributed by atoms with E-state index >= 15 is 0 Å². The van der Waals surface area contributed by atoms with Crippen LogP contribution in [0.2, 0.25) is 0 Å². The van der Waals surface area contributed by atoms with Crippen LogP contribution in [0.5, 0.6) is 0 Å². The predicted molar refractivity (Wildman–Crippen MR) is 73.3 cm³/mol. The van der Waals surface area contributed by atoms with Gasteiger partial charge >= 0.3 is 0 Å². The Morgan fingerprint density at radius 1 is 1.41 bits per heavy atom. The summed E-state index contributed by atoms with van der Waals surface area (Å²) >= 11 is 1.99. The molecule has 2 aliphatic heterocycles. The minimum absolute atomic E-state index is 0.0706. The van der Waals surface area contributed by atoms with Crippen LogP contribution in [0.1, 0.15) is 33.6 Å². The number of nitrogens with one attached hydrogen (secondary N) is 1. The molecule has 0 saturated carbocycles. The first-order valence-corrected chi connectivity index (χ1v) is 7.64. The second-order valence-corrected chi connectivity index (χ2v) is 7.68. The molecule has 0 aromatic carbocycles. The standard InChI is InChI=1S/C13H24N2OS/c1-10-4-6-14-11(10)12(16)15-7-5-13(2,3)17-9-8-15/h10-11,14H,4-9H2,1-3H3. The van der Waals surface area contributed by atoms with Crippen LogP contribution in [0, 0.1) is 5.92 Å². The highest BCUT2D eigenvalue weighted by Gasteiger charge is 2.34. The van der Waals surface area contributed by atoms with Crippen molar-refractivity contribution in [2.45, 2.75) is 44.4 Å². The van der Waals surface area contributed by atoms with Gasteiger partial charge in [0.25, 0.3) is 0 Å². The van der Waals surface area contributed by atoms with Crippen molar-refractivity contribution in [3.63, 3.8) is 0 Å². The Bertz CT molecular complexity index is 293. The second-order valence-electron chi connectivity index (χ2n) is 5.88. The number of thioether (sulfide) groups is 1. The zero-order chi connectivity index (χ0) is 12.5. The summed E-state index contributed by atoms with van der Waals surface area (Å²) in [6.07, 6.45) is 2.23. The highest BCUT2D eigenvalue weighted by molar-refractivity contribution is 8.00. The van der Waals surface area contributed by atoms with Gasteiger partial charge in [-0.15, -0.1) is 0 Å². The normalized spacial score (nSPS) is 33.5. The van der Waals surface area contributed by atoms with Crippen molar-refractivity contribution in [2.24, 2.45) is 5.92 Å². The Morgan fingerprint density at radius 3 is 2.82 bits per heavy atom. The Labute approximate surface area is 109 Å². The molecule has 0 bridgehead atoms. The minimum atomic E-state index is 0.0706. The molecule has 2 rings (SSSR count). The van der Waals surface area contributed by atoms with Gasteiger partial charge in [-0.3, -0.25) is 4.79 Å². The molecule has 1 N–H and O–H groups in total. The van der Waals surface area contributed by atoms with E-state index in [1.165, 1.54) is 0 Å². The predicted octanol–water partition coefficient (Wildman–Crippen LogP) is 1.73. The van der Waals surface area contributed by atoms with Gasteiger partial charge in [0.1, 0.15) is 0 Å². The number of hydrogen-bond donors (Lipinski definition) is 1. The molecule has 0 aromatic heterocycles. The molecule has 1 amide bonds. The fourth-order valence-corrected chi connectivity index (χ4v) is 3.70. The van der Waals surface area contributed by atoms with Crippen LogP contribution >= 0.6 is 11.8 Å². The van der Waals surface area contributed by atoms with Crippen LogP contribution in [-0.4, -0.2) is 47.0 Å². The van der Waals surface area contributed by atoms with Crippen LogP contribution < -0.4 is 5.32 Å². The molecule has 0 radical (unpaired) electrons. The van der Waals surface area contributed by atoms with E-state index in [1.807, 2.05) is 11.8 Å². The van der Waals surface area contributed by atoms with E-state index in [0.717, 1.165) is 38.2 Å². The molecule has 2 saturated heterocycles. The number of carbonyl (C=O) groups excluding carboxylic acids is 1. The van der Waals surface area contributed by atoms with Crippen LogP contribution in [0.4, 0.5) is 0 Å². The summed E-state index contributed by atoms with van der Waals surface area (Å²) in [5, 5.41) is 3.35. The molecule has 2 atom stereocenters. The lowest BCUT2D eigenvalue weighted by Gasteiger charge is -2.26. The molecule has 98 valence electrons. The van der Waals surface area contributed by atoms with Crippen molar-refractivity contribution < 1.29 is 4.79 Å². The van der Waals surface area contributed by atoms with Crippen molar-refractivity contribution in [3.8, 4) is 0 Å². The van der Waals surface area contributed by atoms with Crippen molar-refractivity contribution >= 4 is 17.7 Å². The highest BCUT2D eigenvalue weighted by Crippen LogP contribution is 2.31. The molecular formula is C13H24N2OS. The fourth-order valence-electron chi connectivity index (χ4n) is 2.60. The van der Waals surface area contributed by atoms with E-state index in [2.05, 4.69) is 31.0 Å². The van der Waals surface area contributed by atoms with E-state index in [-0.39, 0.29) is 6.04 Å². The van der Waals surface area contributed by atoms with Gasteiger partial charge in [-0.05, 0) is 25.3 Å². The van der Waals surface area contributed by atoms with E-state index in [4.69, 9.17) is 0 Å². The van der Waals surface area contributed by atoms with Crippen molar-refractivity contribution in [2.75, 3.05) is 25.4 Å². The van der Waals surface area contributed by atoms with Crippen molar-refractivity contribution in [3.05, 3.63) is 0 Å². The maximum atomic E-state index is 12.4. The molecule has 0 aliphatic carbocycles. The summed E-state index contributed by atoms with van der Waals surface area (Å²) < 4.78 is 0.323. The summed E-state index contributed by atoms with van der Waals surface area (Å²) in [5.41, 5.74) is 0. The number of carbonyl (C=O) groups is 1. The van der Waals surface area contributed by atoms with E-state index in [1.54, 1.807) is 0 Å². The summed E-state index contributed by atoms with van der Waals surface area (Å²) in [6, 6.07) is 0.0706. The van der Waals surface area contributed by atoms with Crippen molar-refractivity contribution in [1.29, 1.82) is 0 Å². The first-order valence-electron chi connectivity index (χ1n) is 6.66. The third kappa shape index (κ3) is 3.16. The molecule has 2 aliphatic rings. The Morgan fingerprint density at radius 2 is 2.18 bits per heavy atom. The number of nitrogens with zero attached hydrogens (tertiary/aromatic N) is 1. The summed E-state index contributed by atoms with van der Waals surface area (Å²) in [5.74, 6) is 1.89. The third-order valence-corrected chi connectivity index (χ3v) is 5.32. The van der Waals surface area contributed by atoms with Gasteiger partial charge in [0, 0.05) is 23.6 Å². The van der Waals surface area contributed by atoms with E-state index < -0.39 is 0 Å². The largest absolute Gasteiger partial charge is 0.340 e. The van der Waals surface area contributed by atoms with E-state index in [9.17, 15) is 4.79 Å². The quantitative estimate of drug-likeness (QED) is 0.775. The molecular weight excluding hydrogens is 232 g/mol. The average molecular weight is 256 g/mol. The number of amides is 1. The maximum Gasteiger partial charge on any atom is 0.240 e. The number of rotatable bonds is 1. The van der Waals surface area contributed by atoms with Gasteiger partial charge in [0.05, 0.1) is 6.04 Å². The second kappa shape index (κ2) is 5.19. The van der Waals surface area contributed by atoms with E-state index in [0.29, 0.717) is 16.6 Å². The van der Waals surface area contributed by atoms with Gasteiger partial charge in [0.15, 0.2) is 0 Å². The lowest BCUT2D eigenvalue weighted by Crippen LogP contribution is -2.46. The number of hydrogen-bond acceptors (Lipinski definition) is 3. The van der Waals surface area contributed by atoms with Gasteiger partial charge in [-0.2, -0.15) is 11.8 Å². The molecule has 17 heavy (non-hydrogen) atoms. The van der Waals surface area contributed by atoms with Crippen LogP contribution in [0.3, 0.4) is 0 Å². The monoisotopic (exact) mass is 256 g/mol. The Balaban J connectivity index is 1.95. The molecule has 3 nitrogen and oxygen atoms in total. The maximum absolute atomic E-state index is 12.4. The molecule has 2 unspecified atom stereocenters. The molecule has 0 aromatic rings. The highest BCUT2D eigenvalue weighted by atomic mass is 32.2. The third-order valence-electron chi connectivity index (χ3n) is 3.95. The fraction of sp³-hybridized carbons (Fsp3) is 0.923. The summed E-state index contributed by atoms with van der Waals surface area (Å²) in [4.78, 5) is 14.5. The summed E-state index contributed by atoms with van der Waals surface area (Å²) in [6.45, 7) is 9.57.